The predicted octanol–water partition coefficient (Wildman–Crippen LogP) is 4.34. The van der Waals surface area contributed by atoms with Crippen LogP contribution in [0.2, 0.25) is 0 Å². The van der Waals surface area contributed by atoms with E-state index in [0.717, 1.165) is 28.3 Å². The SMILES string of the molecule is COCc1ccc(NC(=O)Nc2ccccc2CSC)cc1. The summed E-state index contributed by atoms with van der Waals surface area (Å²) >= 11 is 1.72. The van der Waals surface area contributed by atoms with E-state index >= 15 is 0 Å². The van der Waals surface area contributed by atoms with Gasteiger partial charge in [-0.25, -0.2) is 4.79 Å². The molecular formula is C17H20N2O2S. The maximum Gasteiger partial charge on any atom is 0.323 e. The minimum Gasteiger partial charge on any atom is -0.380 e. The molecule has 0 atom stereocenters. The highest BCUT2D eigenvalue weighted by Gasteiger charge is 2.06. The lowest BCUT2D eigenvalue weighted by molar-refractivity contribution is 0.185. The molecule has 0 heterocycles. The number of ether oxygens (including phenoxy) is 1. The Bertz CT molecular complexity index is 614. The number of nitrogens with one attached hydrogen (secondary N) is 2. The van der Waals surface area contributed by atoms with Gasteiger partial charge < -0.3 is 15.4 Å². The summed E-state index contributed by atoms with van der Waals surface area (Å²) in [5.74, 6) is 0.863. The number of amides is 2. The van der Waals surface area contributed by atoms with Crippen molar-refractivity contribution in [2.24, 2.45) is 0 Å². The Balaban J connectivity index is 1.98. The zero-order chi connectivity index (χ0) is 15.8. The molecule has 0 aliphatic rings. The Hall–Kier alpha value is -1.98. The number of anilines is 2. The van der Waals surface area contributed by atoms with Crippen molar-refractivity contribution in [3.8, 4) is 0 Å². The average Bonchev–Trinajstić information content (AvgIpc) is 2.52. The van der Waals surface area contributed by atoms with Gasteiger partial charge in [-0.2, -0.15) is 11.8 Å². The van der Waals surface area contributed by atoms with Crippen molar-refractivity contribution >= 4 is 29.2 Å². The molecule has 0 aliphatic heterocycles. The first-order valence-electron chi connectivity index (χ1n) is 6.95. The molecule has 2 rings (SSSR count). The summed E-state index contributed by atoms with van der Waals surface area (Å²) in [5, 5.41) is 5.73. The third kappa shape index (κ3) is 4.79. The second-order valence-corrected chi connectivity index (χ2v) is 5.67. The standard InChI is InChI=1S/C17H20N2O2S/c1-21-11-13-7-9-15(10-8-13)18-17(20)19-16-6-4-3-5-14(16)12-22-2/h3-10H,11-12H2,1-2H3,(H2,18,19,20). The predicted molar refractivity (Wildman–Crippen MR) is 93.5 cm³/mol. The highest BCUT2D eigenvalue weighted by molar-refractivity contribution is 7.97. The average molecular weight is 316 g/mol. The Morgan fingerprint density at radius 1 is 1.09 bits per heavy atom. The van der Waals surface area contributed by atoms with Gasteiger partial charge in [0.25, 0.3) is 0 Å². The number of hydrogen-bond acceptors (Lipinski definition) is 3. The molecule has 0 bridgehead atoms. The molecule has 0 saturated carbocycles. The van der Waals surface area contributed by atoms with E-state index in [9.17, 15) is 4.79 Å². The van der Waals surface area contributed by atoms with Crippen LogP contribution in [0.5, 0.6) is 0 Å². The molecule has 2 aromatic carbocycles. The summed E-state index contributed by atoms with van der Waals surface area (Å²) in [6.45, 7) is 0.564. The number of carbonyl (C=O) groups excluding carboxylic acids is 1. The van der Waals surface area contributed by atoms with Crippen LogP contribution in [-0.4, -0.2) is 19.4 Å². The second-order valence-electron chi connectivity index (χ2n) is 4.80. The fraction of sp³-hybridized carbons (Fsp3) is 0.235. The minimum absolute atomic E-state index is 0.243. The number of carbonyl (C=O) groups is 1. The zero-order valence-corrected chi connectivity index (χ0v) is 13.6. The fourth-order valence-corrected chi connectivity index (χ4v) is 2.62. The normalized spacial score (nSPS) is 10.3. The number of thioether (sulfide) groups is 1. The summed E-state index contributed by atoms with van der Waals surface area (Å²) in [7, 11) is 1.66. The van der Waals surface area contributed by atoms with Crippen LogP contribution in [0.3, 0.4) is 0 Å². The molecule has 0 saturated heterocycles. The smallest absolute Gasteiger partial charge is 0.323 e. The van der Waals surface area contributed by atoms with Gasteiger partial charge in [-0.05, 0) is 35.6 Å². The lowest BCUT2D eigenvalue weighted by Crippen LogP contribution is -2.20. The Morgan fingerprint density at radius 2 is 1.82 bits per heavy atom. The summed E-state index contributed by atoms with van der Waals surface area (Å²) < 4.78 is 5.06. The van der Waals surface area contributed by atoms with Gasteiger partial charge >= 0.3 is 6.03 Å². The molecule has 2 amide bonds. The molecule has 0 unspecified atom stereocenters. The van der Waals surface area contributed by atoms with Crippen molar-refractivity contribution in [1.82, 2.24) is 0 Å². The summed E-state index contributed by atoms with van der Waals surface area (Å²) in [6.07, 6.45) is 2.04. The van der Waals surface area contributed by atoms with Crippen molar-refractivity contribution in [2.45, 2.75) is 12.4 Å². The molecule has 5 heteroatoms. The molecule has 0 aliphatic carbocycles. The molecule has 0 radical (unpaired) electrons. The van der Waals surface area contributed by atoms with Crippen molar-refractivity contribution in [3.05, 3.63) is 59.7 Å². The monoisotopic (exact) mass is 316 g/mol. The van der Waals surface area contributed by atoms with Crippen LogP contribution in [0.25, 0.3) is 0 Å². The third-order valence-electron chi connectivity index (χ3n) is 3.09. The van der Waals surface area contributed by atoms with Gasteiger partial charge in [0.05, 0.1) is 6.61 Å². The van der Waals surface area contributed by atoms with Crippen LogP contribution in [0, 0.1) is 0 Å². The molecule has 116 valence electrons. The van der Waals surface area contributed by atoms with E-state index in [2.05, 4.69) is 10.6 Å². The minimum atomic E-state index is -0.243. The van der Waals surface area contributed by atoms with Crippen LogP contribution in [0.1, 0.15) is 11.1 Å². The van der Waals surface area contributed by atoms with Gasteiger partial charge in [0.1, 0.15) is 0 Å². The molecule has 0 spiro atoms. The van der Waals surface area contributed by atoms with Crippen LogP contribution in [0.4, 0.5) is 16.2 Å². The fourth-order valence-electron chi connectivity index (χ4n) is 2.06. The highest BCUT2D eigenvalue weighted by atomic mass is 32.2. The quantitative estimate of drug-likeness (QED) is 0.833. The Morgan fingerprint density at radius 3 is 2.50 bits per heavy atom. The summed E-state index contributed by atoms with van der Waals surface area (Å²) in [6, 6.07) is 15.2. The third-order valence-corrected chi connectivity index (χ3v) is 3.69. The van der Waals surface area contributed by atoms with Gasteiger partial charge in [-0.1, -0.05) is 30.3 Å². The van der Waals surface area contributed by atoms with E-state index in [1.165, 1.54) is 0 Å². The van der Waals surface area contributed by atoms with Crippen molar-refractivity contribution in [3.63, 3.8) is 0 Å². The van der Waals surface area contributed by atoms with E-state index in [4.69, 9.17) is 4.74 Å². The molecule has 0 fully saturated rings. The molecule has 22 heavy (non-hydrogen) atoms. The molecule has 2 N–H and O–H groups in total. The summed E-state index contributed by atoms with van der Waals surface area (Å²) in [5.41, 5.74) is 3.77. The van der Waals surface area contributed by atoms with Crippen LogP contribution in [-0.2, 0) is 17.1 Å². The molecule has 4 nitrogen and oxygen atoms in total. The van der Waals surface area contributed by atoms with Gasteiger partial charge in [-0.3, -0.25) is 0 Å². The number of para-hydroxylation sites is 1. The van der Waals surface area contributed by atoms with Crippen LogP contribution >= 0.6 is 11.8 Å². The van der Waals surface area contributed by atoms with Gasteiger partial charge in [0.2, 0.25) is 0 Å². The number of urea groups is 1. The van der Waals surface area contributed by atoms with E-state index in [-0.39, 0.29) is 6.03 Å². The van der Waals surface area contributed by atoms with Gasteiger partial charge in [-0.15, -0.1) is 0 Å². The van der Waals surface area contributed by atoms with Gasteiger partial charge in [0.15, 0.2) is 0 Å². The number of rotatable bonds is 6. The number of hydrogen-bond donors (Lipinski definition) is 2. The first kappa shape index (κ1) is 16.4. The summed E-state index contributed by atoms with van der Waals surface area (Å²) in [4.78, 5) is 12.1. The largest absolute Gasteiger partial charge is 0.380 e. The van der Waals surface area contributed by atoms with Gasteiger partial charge in [0, 0.05) is 24.2 Å². The van der Waals surface area contributed by atoms with Crippen molar-refractivity contribution in [2.75, 3.05) is 24.0 Å². The van der Waals surface area contributed by atoms with Crippen molar-refractivity contribution < 1.29 is 9.53 Å². The zero-order valence-electron chi connectivity index (χ0n) is 12.8. The topological polar surface area (TPSA) is 50.4 Å². The van der Waals surface area contributed by atoms with Crippen molar-refractivity contribution in [1.29, 1.82) is 0 Å². The first-order chi connectivity index (χ1) is 10.7. The lowest BCUT2D eigenvalue weighted by atomic mass is 10.2. The maximum atomic E-state index is 12.1. The van der Waals surface area contributed by atoms with E-state index in [1.54, 1.807) is 18.9 Å². The van der Waals surface area contributed by atoms with Crippen LogP contribution < -0.4 is 10.6 Å². The first-order valence-corrected chi connectivity index (χ1v) is 8.35. The Kier molecular flexibility index (Phi) is 6.30. The maximum absolute atomic E-state index is 12.1. The van der Waals surface area contributed by atoms with E-state index < -0.39 is 0 Å². The molecule has 0 aromatic heterocycles. The van der Waals surface area contributed by atoms with E-state index in [0.29, 0.717) is 6.61 Å². The van der Waals surface area contributed by atoms with Crippen LogP contribution in [0.15, 0.2) is 48.5 Å². The molecule has 2 aromatic rings. The Labute approximate surface area is 135 Å². The number of methoxy groups -OCH3 is 1. The molecular weight excluding hydrogens is 296 g/mol. The lowest BCUT2D eigenvalue weighted by Gasteiger charge is -2.11. The second kappa shape index (κ2) is 8.46. The van der Waals surface area contributed by atoms with E-state index in [1.807, 2.05) is 54.8 Å². The highest BCUT2D eigenvalue weighted by Crippen LogP contribution is 2.20. The number of benzene rings is 2.